The molecule has 3 aromatic rings. The maximum atomic E-state index is 12.4. The quantitative estimate of drug-likeness (QED) is 0.112. The van der Waals surface area contributed by atoms with E-state index in [0.717, 1.165) is 13.1 Å². The Morgan fingerprint density at radius 1 is 1.28 bits per heavy atom. The van der Waals surface area contributed by atoms with Crippen LogP contribution in [0.3, 0.4) is 0 Å². The molecule has 0 unspecified atom stereocenters. The number of piperazine rings is 1. The third kappa shape index (κ3) is 5.00. The van der Waals surface area contributed by atoms with Crippen molar-refractivity contribution in [1.82, 2.24) is 24.4 Å². The first kappa shape index (κ1) is 26.4. The van der Waals surface area contributed by atoms with E-state index in [4.69, 9.17) is 10.5 Å². The number of nitro benzene ring substituents is 1. The maximum Gasteiger partial charge on any atom is 0.293 e. The number of benzene rings is 1. The fraction of sp³-hybridized carbons (Fsp3) is 0.455. The molecule has 0 aliphatic carbocycles. The Bertz CT molecular complexity index is 1470. The molecule has 0 spiro atoms. The van der Waals surface area contributed by atoms with Crippen LogP contribution < -0.4 is 21.6 Å². The van der Waals surface area contributed by atoms with Crippen LogP contribution in [0, 0.1) is 10.1 Å². The van der Waals surface area contributed by atoms with E-state index in [2.05, 4.69) is 30.4 Å². The van der Waals surface area contributed by atoms with E-state index in [1.807, 2.05) is 11.9 Å². The van der Waals surface area contributed by atoms with E-state index in [9.17, 15) is 30.2 Å². The minimum Gasteiger partial charge on any atom is -0.394 e. The van der Waals surface area contributed by atoms with Crippen LogP contribution in [0.1, 0.15) is 11.8 Å². The summed E-state index contributed by atoms with van der Waals surface area (Å²) in [6.45, 7) is 2.36. The number of fused-ring (bicyclic) bond motifs is 1. The van der Waals surface area contributed by atoms with E-state index in [-0.39, 0.29) is 28.7 Å². The number of nitrogens with zero attached hydrogens (tertiary/aromatic N) is 7. The molecule has 0 amide bonds. The summed E-state index contributed by atoms with van der Waals surface area (Å²) < 4.78 is 6.79. The molecule has 4 atom stereocenters. The zero-order chi connectivity index (χ0) is 27.8. The number of imidazole rings is 1. The molecule has 2 aliphatic heterocycles. The number of rotatable bonds is 7. The number of nitrogen functional groups attached to an aromatic ring is 1. The first-order chi connectivity index (χ1) is 18.7. The molecule has 2 fully saturated rings. The summed E-state index contributed by atoms with van der Waals surface area (Å²) in [6, 6.07) is 4.76. The number of nitro groups is 1. The van der Waals surface area contributed by atoms with Crippen LogP contribution in [0.25, 0.3) is 11.2 Å². The lowest BCUT2D eigenvalue weighted by Crippen LogP contribution is -2.44. The monoisotopic (exact) mass is 544 g/mol. The van der Waals surface area contributed by atoms with E-state index in [1.54, 1.807) is 12.1 Å². The number of hydrogen-bond acceptors (Lipinski definition) is 14. The lowest BCUT2D eigenvalue weighted by Gasteiger charge is -2.33. The average molecular weight is 545 g/mol. The standard InChI is InChI=1S/C22H28N10O7/c1-29-4-6-30(7-5-29)12-3-2-11(8-13(12)32(37)38)9-24-28-22-25-15-18(26-21(23)27-19(15)36)31(22)20-17(35)16(34)14(10-33)39-20/h2-3,8-9,14,16-17,20,33-35H,4-7,10H2,1H3,(H,25,28)(H3,23,26,27,36)/b24-9-/t14-,16+,17+,20-/m0/s1. The molecule has 0 radical (unpaired) electrons. The second-order valence-corrected chi connectivity index (χ2v) is 9.32. The number of hydrazone groups is 1. The first-order valence-electron chi connectivity index (χ1n) is 12.1. The summed E-state index contributed by atoms with van der Waals surface area (Å²) in [4.78, 5) is 38.5. The van der Waals surface area contributed by atoms with Crippen LogP contribution in [0.4, 0.5) is 23.3 Å². The number of anilines is 3. The molecule has 17 heteroatoms. The van der Waals surface area contributed by atoms with Gasteiger partial charge in [0.1, 0.15) is 24.0 Å². The fourth-order valence-corrected chi connectivity index (χ4v) is 4.66. The summed E-state index contributed by atoms with van der Waals surface area (Å²) in [5, 5.41) is 46.2. The molecule has 4 heterocycles. The van der Waals surface area contributed by atoms with Gasteiger partial charge in [-0.1, -0.05) is 6.07 Å². The lowest BCUT2D eigenvalue weighted by molar-refractivity contribution is -0.384. The Morgan fingerprint density at radius 3 is 2.69 bits per heavy atom. The van der Waals surface area contributed by atoms with Crippen molar-refractivity contribution < 1.29 is 25.0 Å². The molecular formula is C22H28N10O7. The van der Waals surface area contributed by atoms with Crippen molar-refractivity contribution in [3.63, 3.8) is 0 Å². The first-order valence-corrected chi connectivity index (χ1v) is 12.1. The number of nitrogens with one attached hydrogen (secondary N) is 2. The summed E-state index contributed by atoms with van der Waals surface area (Å²) in [6.07, 6.45) is -3.99. The molecule has 39 heavy (non-hydrogen) atoms. The van der Waals surface area contributed by atoms with Crippen molar-refractivity contribution in [3.8, 4) is 0 Å². The van der Waals surface area contributed by atoms with Crippen LogP contribution >= 0.6 is 0 Å². The molecule has 2 aromatic heterocycles. The van der Waals surface area contributed by atoms with Gasteiger partial charge in [0.25, 0.3) is 11.2 Å². The van der Waals surface area contributed by atoms with Gasteiger partial charge >= 0.3 is 0 Å². The number of aromatic nitrogens is 4. The van der Waals surface area contributed by atoms with Crippen LogP contribution in [-0.2, 0) is 4.74 Å². The number of H-pyrrole nitrogens is 1. The highest BCUT2D eigenvalue weighted by molar-refractivity contribution is 5.84. The van der Waals surface area contributed by atoms with Crippen molar-refractivity contribution in [2.24, 2.45) is 5.10 Å². The third-order valence-corrected chi connectivity index (χ3v) is 6.76. The van der Waals surface area contributed by atoms with E-state index in [1.165, 1.54) is 16.8 Å². The molecule has 2 saturated heterocycles. The van der Waals surface area contributed by atoms with Crippen molar-refractivity contribution in [2.45, 2.75) is 24.5 Å². The predicted octanol–water partition coefficient (Wildman–Crippen LogP) is -1.58. The second kappa shape index (κ2) is 10.5. The fourth-order valence-electron chi connectivity index (χ4n) is 4.66. The highest BCUT2D eigenvalue weighted by Crippen LogP contribution is 2.34. The van der Waals surface area contributed by atoms with E-state index in [0.29, 0.717) is 24.3 Å². The molecule has 0 saturated carbocycles. The maximum absolute atomic E-state index is 12.4. The number of hydrogen-bond donors (Lipinski definition) is 6. The van der Waals surface area contributed by atoms with Gasteiger partial charge < -0.3 is 35.6 Å². The van der Waals surface area contributed by atoms with Gasteiger partial charge in [0.15, 0.2) is 17.4 Å². The van der Waals surface area contributed by atoms with Crippen LogP contribution in [0.15, 0.2) is 28.1 Å². The Labute approximate surface area is 220 Å². The van der Waals surface area contributed by atoms with Gasteiger partial charge in [0.2, 0.25) is 11.9 Å². The average Bonchev–Trinajstić information content (AvgIpc) is 3.40. The van der Waals surface area contributed by atoms with Crippen LogP contribution in [-0.4, -0.2) is 109 Å². The van der Waals surface area contributed by atoms with Gasteiger partial charge in [-0.15, -0.1) is 0 Å². The van der Waals surface area contributed by atoms with Crippen LogP contribution in [0.5, 0.6) is 0 Å². The largest absolute Gasteiger partial charge is 0.394 e. The van der Waals surface area contributed by atoms with Gasteiger partial charge in [-0.3, -0.25) is 24.5 Å². The van der Waals surface area contributed by atoms with Crippen molar-refractivity contribution in [3.05, 3.63) is 44.2 Å². The highest BCUT2D eigenvalue weighted by Gasteiger charge is 2.45. The van der Waals surface area contributed by atoms with Crippen molar-refractivity contribution in [1.29, 1.82) is 0 Å². The highest BCUT2D eigenvalue weighted by atomic mass is 16.6. The number of likely N-dealkylation sites (N-methyl/N-ethyl adjacent to an activating group) is 1. The Balaban J connectivity index is 1.45. The Kier molecular flexibility index (Phi) is 7.15. The summed E-state index contributed by atoms with van der Waals surface area (Å²) in [7, 11) is 2.00. The van der Waals surface area contributed by atoms with Crippen molar-refractivity contribution >= 4 is 40.6 Å². The van der Waals surface area contributed by atoms with Gasteiger partial charge in [0.05, 0.1) is 17.7 Å². The summed E-state index contributed by atoms with van der Waals surface area (Å²) >= 11 is 0. The number of ether oxygens (including phenoxy) is 1. The smallest absolute Gasteiger partial charge is 0.293 e. The molecule has 208 valence electrons. The Hall–Kier alpha value is -4.16. The normalized spacial score (nSPS) is 24.2. The van der Waals surface area contributed by atoms with Gasteiger partial charge in [-0.25, -0.2) is 10.4 Å². The van der Waals surface area contributed by atoms with E-state index >= 15 is 0 Å². The van der Waals surface area contributed by atoms with Gasteiger partial charge in [-0.05, 0) is 13.1 Å². The molecule has 5 rings (SSSR count). The van der Waals surface area contributed by atoms with Gasteiger partial charge in [-0.2, -0.15) is 10.1 Å². The van der Waals surface area contributed by atoms with Gasteiger partial charge in [0, 0.05) is 37.8 Å². The number of aliphatic hydroxyl groups excluding tert-OH is 3. The minimum atomic E-state index is -1.50. The molecule has 7 N–H and O–H groups in total. The number of aromatic amines is 1. The molecule has 2 aliphatic rings. The minimum absolute atomic E-state index is 0.0593. The summed E-state index contributed by atoms with van der Waals surface area (Å²) in [5.74, 6) is -0.313. The number of nitrogens with two attached hydrogens (primary N) is 1. The molecule has 1 aromatic carbocycles. The topological polar surface area (TPSA) is 234 Å². The predicted molar refractivity (Wildman–Crippen MR) is 140 cm³/mol. The lowest BCUT2D eigenvalue weighted by atomic mass is 10.1. The SMILES string of the molecule is CN1CCN(c2ccc(/C=N\Nc3nc4c(=O)[nH]c(N)nc4n3[C@H]3O[C@@H](CO)[C@@H](O)[C@H]3O)cc2[N+](=O)[O-])CC1. The second-order valence-electron chi connectivity index (χ2n) is 9.32. The number of aliphatic hydroxyl groups is 3. The summed E-state index contributed by atoms with van der Waals surface area (Å²) in [5.41, 5.74) is 8.35. The van der Waals surface area contributed by atoms with E-state index < -0.39 is 41.6 Å². The molecule has 17 nitrogen and oxygen atoms in total. The zero-order valence-corrected chi connectivity index (χ0v) is 20.8. The molecular weight excluding hydrogens is 516 g/mol. The molecule has 0 bridgehead atoms. The zero-order valence-electron chi connectivity index (χ0n) is 20.8. The Morgan fingerprint density at radius 2 is 2.03 bits per heavy atom. The van der Waals surface area contributed by atoms with Crippen molar-refractivity contribution in [2.75, 3.05) is 55.9 Å². The third-order valence-electron chi connectivity index (χ3n) is 6.76. The van der Waals surface area contributed by atoms with Crippen LogP contribution in [0.2, 0.25) is 0 Å².